The van der Waals surface area contributed by atoms with E-state index in [9.17, 15) is 14.7 Å². The van der Waals surface area contributed by atoms with Gasteiger partial charge in [-0.05, 0) is 18.9 Å². The molecular weight excluding hydrogens is 270 g/mol. The Labute approximate surface area is 124 Å². The van der Waals surface area contributed by atoms with Crippen molar-refractivity contribution in [2.45, 2.75) is 33.2 Å². The van der Waals surface area contributed by atoms with Crippen LogP contribution in [0.25, 0.3) is 0 Å². The van der Waals surface area contributed by atoms with Crippen LogP contribution in [0.2, 0.25) is 0 Å². The van der Waals surface area contributed by atoms with Crippen LogP contribution in [-0.4, -0.2) is 23.6 Å². The molecule has 0 spiro atoms. The molecule has 1 aliphatic rings. The van der Waals surface area contributed by atoms with Gasteiger partial charge in [-0.25, -0.2) is 0 Å². The van der Waals surface area contributed by atoms with Crippen molar-refractivity contribution < 1.29 is 19.4 Å². The summed E-state index contributed by atoms with van der Waals surface area (Å²) in [6.07, 6.45) is -0.0430. The number of carbonyl (C=O) groups is 2. The largest absolute Gasteiger partial charge is 0.491 e. The molecule has 114 valence electrons. The van der Waals surface area contributed by atoms with E-state index in [1.54, 1.807) is 6.92 Å². The minimum Gasteiger partial charge on any atom is -0.491 e. The van der Waals surface area contributed by atoms with Crippen molar-refractivity contribution in [1.82, 2.24) is 5.32 Å². The Bertz CT molecular complexity index is 555. The second kappa shape index (κ2) is 5.76. The van der Waals surface area contributed by atoms with Gasteiger partial charge < -0.3 is 15.2 Å². The zero-order chi connectivity index (χ0) is 15.6. The first-order chi connectivity index (χ1) is 9.84. The highest BCUT2D eigenvalue weighted by molar-refractivity contribution is 5.85. The number of hydrogen-bond acceptors (Lipinski definition) is 3. The molecule has 1 heterocycles. The number of carboxylic acid groups (broad SMARTS) is 1. The molecule has 1 amide bonds. The normalized spacial score (nSPS) is 19.5. The summed E-state index contributed by atoms with van der Waals surface area (Å²) in [6, 6.07) is 7.33. The number of nitrogens with one attached hydrogen (secondary N) is 1. The van der Waals surface area contributed by atoms with E-state index in [0.29, 0.717) is 6.61 Å². The van der Waals surface area contributed by atoms with Gasteiger partial charge in [0.2, 0.25) is 5.91 Å². The molecule has 0 aromatic heterocycles. The van der Waals surface area contributed by atoms with Crippen LogP contribution in [0.3, 0.4) is 0 Å². The fourth-order valence-corrected chi connectivity index (χ4v) is 2.39. The molecule has 21 heavy (non-hydrogen) atoms. The number of rotatable bonds is 5. The average Bonchev–Trinajstić information content (AvgIpc) is 2.81. The fourth-order valence-electron chi connectivity index (χ4n) is 2.39. The highest BCUT2D eigenvalue weighted by Gasteiger charge is 2.39. The Kier molecular flexibility index (Phi) is 4.21. The minimum atomic E-state index is -1.07. The first-order valence-electron chi connectivity index (χ1n) is 7.09. The van der Waals surface area contributed by atoms with Gasteiger partial charge in [-0.2, -0.15) is 0 Å². The van der Waals surface area contributed by atoms with Gasteiger partial charge in [-0.3, -0.25) is 9.59 Å². The molecule has 0 saturated carbocycles. The summed E-state index contributed by atoms with van der Waals surface area (Å²) in [5.74, 6) is -0.574. The van der Waals surface area contributed by atoms with E-state index in [4.69, 9.17) is 4.74 Å². The van der Waals surface area contributed by atoms with Crippen LogP contribution in [0.15, 0.2) is 24.3 Å². The van der Waals surface area contributed by atoms with E-state index in [2.05, 4.69) is 5.32 Å². The molecule has 2 rings (SSSR count). The Morgan fingerprint density at radius 1 is 1.43 bits per heavy atom. The number of benzene rings is 1. The SMILES string of the molecule is CC(C)C(C)(CC(=O)NC1COc2ccccc21)C(=O)O. The van der Waals surface area contributed by atoms with Crippen LogP contribution < -0.4 is 10.1 Å². The molecular formula is C16H21NO4. The predicted molar refractivity (Wildman–Crippen MR) is 78.0 cm³/mol. The number of carboxylic acids is 1. The summed E-state index contributed by atoms with van der Waals surface area (Å²) in [7, 11) is 0. The Morgan fingerprint density at radius 2 is 2.10 bits per heavy atom. The summed E-state index contributed by atoms with van der Waals surface area (Å²) in [4.78, 5) is 23.6. The third-order valence-electron chi connectivity index (χ3n) is 4.33. The highest BCUT2D eigenvalue weighted by atomic mass is 16.5. The van der Waals surface area contributed by atoms with Gasteiger partial charge in [0.15, 0.2) is 0 Å². The van der Waals surface area contributed by atoms with Crippen LogP contribution in [0.1, 0.15) is 38.8 Å². The molecule has 0 aliphatic carbocycles. The van der Waals surface area contributed by atoms with Crippen LogP contribution in [0.4, 0.5) is 0 Å². The van der Waals surface area contributed by atoms with E-state index in [-0.39, 0.29) is 24.3 Å². The summed E-state index contributed by atoms with van der Waals surface area (Å²) < 4.78 is 5.51. The molecule has 1 aromatic rings. The molecule has 5 nitrogen and oxygen atoms in total. The van der Waals surface area contributed by atoms with Crippen molar-refractivity contribution in [3.05, 3.63) is 29.8 Å². The summed E-state index contributed by atoms with van der Waals surface area (Å²) in [6.45, 7) is 5.62. The summed E-state index contributed by atoms with van der Waals surface area (Å²) >= 11 is 0. The fraction of sp³-hybridized carbons (Fsp3) is 0.500. The molecule has 2 N–H and O–H groups in total. The Morgan fingerprint density at radius 3 is 2.71 bits per heavy atom. The van der Waals surface area contributed by atoms with E-state index in [1.165, 1.54) is 0 Å². The third-order valence-corrected chi connectivity index (χ3v) is 4.33. The van der Waals surface area contributed by atoms with Gasteiger partial charge in [-0.15, -0.1) is 0 Å². The van der Waals surface area contributed by atoms with Crippen molar-refractivity contribution in [2.24, 2.45) is 11.3 Å². The van der Waals surface area contributed by atoms with Crippen molar-refractivity contribution in [3.63, 3.8) is 0 Å². The van der Waals surface area contributed by atoms with Crippen LogP contribution >= 0.6 is 0 Å². The Hall–Kier alpha value is -2.04. The lowest BCUT2D eigenvalue weighted by Crippen LogP contribution is -2.40. The van der Waals surface area contributed by atoms with Crippen LogP contribution in [-0.2, 0) is 9.59 Å². The summed E-state index contributed by atoms with van der Waals surface area (Å²) in [5, 5.41) is 12.2. The number of aliphatic carboxylic acids is 1. The second-order valence-corrected chi connectivity index (χ2v) is 6.02. The topological polar surface area (TPSA) is 75.6 Å². The van der Waals surface area contributed by atoms with Gasteiger partial charge in [0, 0.05) is 12.0 Å². The summed E-state index contributed by atoms with van der Waals surface area (Å²) in [5.41, 5.74) is -0.129. The average molecular weight is 291 g/mol. The van der Waals surface area contributed by atoms with Crippen molar-refractivity contribution in [3.8, 4) is 5.75 Å². The molecule has 2 atom stereocenters. The van der Waals surface area contributed by atoms with Crippen LogP contribution in [0, 0.1) is 11.3 Å². The van der Waals surface area contributed by atoms with E-state index in [0.717, 1.165) is 11.3 Å². The minimum absolute atomic E-state index is 0.0430. The van der Waals surface area contributed by atoms with Crippen LogP contribution in [0.5, 0.6) is 5.75 Å². The smallest absolute Gasteiger partial charge is 0.310 e. The lowest BCUT2D eigenvalue weighted by Gasteiger charge is -2.28. The van der Waals surface area contributed by atoms with Gasteiger partial charge in [0.05, 0.1) is 11.5 Å². The van der Waals surface area contributed by atoms with Gasteiger partial charge in [0.25, 0.3) is 0 Å². The van der Waals surface area contributed by atoms with Crippen molar-refractivity contribution >= 4 is 11.9 Å². The standard InChI is InChI=1S/C16H21NO4/c1-10(2)16(3,15(19)20)8-14(18)17-12-9-21-13-7-5-4-6-11(12)13/h4-7,10,12H,8-9H2,1-3H3,(H,17,18)(H,19,20). The molecule has 0 saturated heterocycles. The van der Waals surface area contributed by atoms with E-state index < -0.39 is 11.4 Å². The number of amides is 1. The quantitative estimate of drug-likeness (QED) is 0.873. The zero-order valence-corrected chi connectivity index (χ0v) is 12.6. The molecule has 2 unspecified atom stereocenters. The van der Waals surface area contributed by atoms with Gasteiger partial charge in [0.1, 0.15) is 12.4 Å². The number of para-hydroxylation sites is 1. The lowest BCUT2D eigenvalue weighted by atomic mass is 9.76. The first-order valence-corrected chi connectivity index (χ1v) is 7.09. The molecule has 0 fully saturated rings. The maximum atomic E-state index is 12.2. The maximum absolute atomic E-state index is 12.2. The van der Waals surface area contributed by atoms with Crippen molar-refractivity contribution in [2.75, 3.05) is 6.61 Å². The molecule has 1 aliphatic heterocycles. The van der Waals surface area contributed by atoms with Gasteiger partial charge >= 0.3 is 5.97 Å². The number of ether oxygens (including phenoxy) is 1. The number of carbonyl (C=O) groups excluding carboxylic acids is 1. The highest BCUT2D eigenvalue weighted by Crippen LogP contribution is 2.34. The molecule has 0 bridgehead atoms. The second-order valence-electron chi connectivity index (χ2n) is 6.02. The third kappa shape index (κ3) is 3.01. The lowest BCUT2D eigenvalue weighted by molar-refractivity contribution is -0.153. The van der Waals surface area contributed by atoms with Gasteiger partial charge in [-0.1, -0.05) is 32.0 Å². The molecule has 5 heteroatoms. The monoisotopic (exact) mass is 291 g/mol. The Balaban J connectivity index is 2.05. The van der Waals surface area contributed by atoms with Crippen molar-refractivity contribution in [1.29, 1.82) is 0 Å². The molecule has 0 radical (unpaired) electrons. The van der Waals surface area contributed by atoms with E-state index in [1.807, 2.05) is 38.1 Å². The van der Waals surface area contributed by atoms with E-state index >= 15 is 0 Å². The maximum Gasteiger partial charge on any atom is 0.310 e. The number of hydrogen-bond donors (Lipinski definition) is 2. The first kappa shape index (κ1) is 15.4. The number of fused-ring (bicyclic) bond motifs is 1. The molecule has 1 aromatic carbocycles. The predicted octanol–water partition coefficient (Wildman–Crippen LogP) is 2.37. The zero-order valence-electron chi connectivity index (χ0n) is 12.6.